The fourth-order valence-corrected chi connectivity index (χ4v) is 1.87. The molecule has 1 aliphatic heterocycles. The minimum atomic E-state index is -0.350. The number of hydrogen-bond acceptors (Lipinski definition) is 5. The van der Waals surface area contributed by atoms with E-state index in [1.165, 1.54) is 13.3 Å². The highest BCUT2D eigenvalue weighted by Crippen LogP contribution is 2.21. The summed E-state index contributed by atoms with van der Waals surface area (Å²) in [6.45, 7) is 0.685. The molecule has 0 radical (unpaired) electrons. The molecule has 1 saturated heterocycles. The number of methoxy groups -OCH3 is 1. The number of esters is 1. The molecule has 2 rings (SSSR count). The van der Waals surface area contributed by atoms with Crippen molar-refractivity contribution in [1.82, 2.24) is 10.0 Å². The van der Waals surface area contributed by atoms with Crippen LogP contribution in [0, 0.1) is 0 Å². The standard InChI is InChI=1S/C11H13ClN2O3.ClH/c1-16-11(15)9-3-2-6-14(9)17-10-5-4-8(12)7-13-10;/h4-5,7,9H,2-3,6H2,1H3;1H. The molecule has 1 atom stereocenters. The first-order valence-corrected chi connectivity index (χ1v) is 5.72. The van der Waals surface area contributed by atoms with Crippen molar-refractivity contribution >= 4 is 30.0 Å². The molecule has 5 nitrogen and oxygen atoms in total. The third-order valence-electron chi connectivity index (χ3n) is 2.59. The van der Waals surface area contributed by atoms with Crippen LogP contribution in [0.25, 0.3) is 0 Å². The maximum atomic E-state index is 11.5. The number of carbonyl (C=O) groups is 1. The van der Waals surface area contributed by atoms with E-state index in [2.05, 4.69) is 4.98 Å². The zero-order chi connectivity index (χ0) is 12.3. The summed E-state index contributed by atoms with van der Waals surface area (Å²) in [6, 6.07) is 3.00. The summed E-state index contributed by atoms with van der Waals surface area (Å²) in [4.78, 5) is 21.0. The average Bonchev–Trinajstić information content (AvgIpc) is 2.79. The Morgan fingerprint density at radius 2 is 2.33 bits per heavy atom. The summed E-state index contributed by atoms with van der Waals surface area (Å²) < 4.78 is 4.72. The quantitative estimate of drug-likeness (QED) is 0.799. The van der Waals surface area contributed by atoms with Gasteiger partial charge >= 0.3 is 5.97 Å². The van der Waals surface area contributed by atoms with Crippen molar-refractivity contribution in [3.63, 3.8) is 0 Å². The smallest absolute Gasteiger partial charge is 0.326 e. The summed E-state index contributed by atoms with van der Waals surface area (Å²) in [7, 11) is 1.37. The summed E-state index contributed by atoms with van der Waals surface area (Å²) in [5, 5.41) is 2.14. The van der Waals surface area contributed by atoms with E-state index in [9.17, 15) is 4.79 Å². The number of pyridine rings is 1. The molecule has 1 fully saturated rings. The molecule has 0 spiro atoms. The Morgan fingerprint density at radius 3 is 2.94 bits per heavy atom. The maximum Gasteiger partial charge on any atom is 0.326 e. The largest absolute Gasteiger partial charge is 0.468 e. The Hall–Kier alpha value is -1.04. The van der Waals surface area contributed by atoms with Gasteiger partial charge in [0.05, 0.1) is 12.1 Å². The van der Waals surface area contributed by atoms with E-state index in [0.29, 0.717) is 17.4 Å². The molecular weight excluding hydrogens is 279 g/mol. The van der Waals surface area contributed by atoms with Crippen LogP contribution in [0.1, 0.15) is 12.8 Å². The third-order valence-corrected chi connectivity index (χ3v) is 2.81. The normalized spacial score (nSPS) is 19.1. The fourth-order valence-electron chi connectivity index (χ4n) is 1.76. The van der Waals surface area contributed by atoms with Crippen LogP contribution in [0.15, 0.2) is 18.3 Å². The Morgan fingerprint density at radius 1 is 1.56 bits per heavy atom. The van der Waals surface area contributed by atoms with Gasteiger partial charge in [-0.05, 0) is 18.9 Å². The van der Waals surface area contributed by atoms with Crippen molar-refractivity contribution in [2.75, 3.05) is 13.7 Å². The second-order valence-electron chi connectivity index (χ2n) is 3.73. The Kier molecular flexibility index (Phi) is 5.65. The molecule has 0 amide bonds. The lowest BCUT2D eigenvalue weighted by Gasteiger charge is -2.21. The summed E-state index contributed by atoms with van der Waals surface area (Å²) in [5.41, 5.74) is 0. The summed E-state index contributed by atoms with van der Waals surface area (Å²) >= 11 is 5.72. The number of carbonyl (C=O) groups excluding carboxylic acids is 1. The van der Waals surface area contributed by atoms with Crippen LogP contribution in [0.4, 0.5) is 0 Å². The minimum Gasteiger partial charge on any atom is -0.468 e. The molecule has 18 heavy (non-hydrogen) atoms. The lowest BCUT2D eigenvalue weighted by molar-refractivity contribution is -0.158. The van der Waals surface area contributed by atoms with Gasteiger partial charge in [-0.2, -0.15) is 0 Å². The van der Waals surface area contributed by atoms with Gasteiger partial charge in [-0.1, -0.05) is 11.6 Å². The fraction of sp³-hybridized carbons (Fsp3) is 0.455. The van der Waals surface area contributed by atoms with Crippen molar-refractivity contribution in [2.45, 2.75) is 18.9 Å². The highest BCUT2D eigenvalue weighted by molar-refractivity contribution is 6.30. The van der Waals surface area contributed by atoms with Gasteiger partial charge in [0.15, 0.2) is 0 Å². The van der Waals surface area contributed by atoms with Crippen LogP contribution in [0.5, 0.6) is 5.88 Å². The monoisotopic (exact) mass is 292 g/mol. The van der Waals surface area contributed by atoms with Gasteiger partial charge in [-0.15, -0.1) is 17.5 Å². The van der Waals surface area contributed by atoms with E-state index in [4.69, 9.17) is 21.2 Å². The van der Waals surface area contributed by atoms with Crippen molar-refractivity contribution in [1.29, 1.82) is 0 Å². The molecule has 0 N–H and O–H groups in total. The van der Waals surface area contributed by atoms with Crippen molar-refractivity contribution in [3.8, 4) is 5.88 Å². The molecule has 0 saturated carbocycles. The van der Waals surface area contributed by atoms with Gasteiger partial charge in [0.2, 0.25) is 5.88 Å². The average molecular weight is 293 g/mol. The van der Waals surface area contributed by atoms with Gasteiger partial charge in [0.25, 0.3) is 0 Å². The molecule has 0 aromatic carbocycles. The van der Waals surface area contributed by atoms with Gasteiger partial charge < -0.3 is 9.57 Å². The number of hydrogen-bond donors (Lipinski definition) is 0. The van der Waals surface area contributed by atoms with Crippen LogP contribution < -0.4 is 4.84 Å². The van der Waals surface area contributed by atoms with E-state index in [-0.39, 0.29) is 24.4 Å². The number of aromatic nitrogens is 1. The first kappa shape index (κ1) is 15.0. The zero-order valence-corrected chi connectivity index (χ0v) is 11.4. The summed E-state index contributed by atoms with van der Waals surface area (Å²) in [6.07, 6.45) is 3.13. The first-order chi connectivity index (χ1) is 8.20. The highest BCUT2D eigenvalue weighted by atomic mass is 35.5. The molecule has 1 aromatic heterocycles. The lowest BCUT2D eigenvalue weighted by Crippen LogP contribution is -2.39. The lowest BCUT2D eigenvalue weighted by atomic mass is 10.2. The number of rotatable bonds is 3. The van der Waals surface area contributed by atoms with E-state index < -0.39 is 0 Å². The predicted molar refractivity (Wildman–Crippen MR) is 68.9 cm³/mol. The van der Waals surface area contributed by atoms with Crippen LogP contribution in [0.2, 0.25) is 5.02 Å². The second kappa shape index (κ2) is 6.78. The molecule has 0 bridgehead atoms. The van der Waals surface area contributed by atoms with Crippen molar-refractivity contribution in [3.05, 3.63) is 23.4 Å². The van der Waals surface area contributed by atoms with Crippen molar-refractivity contribution < 1.29 is 14.4 Å². The molecule has 2 heterocycles. The Balaban J connectivity index is 0.00000162. The van der Waals surface area contributed by atoms with Gasteiger partial charge in [0.1, 0.15) is 6.04 Å². The Labute approximate surface area is 116 Å². The van der Waals surface area contributed by atoms with E-state index >= 15 is 0 Å². The predicted octanol–water partition coefficient (Wildman–Crippen LogP) is 2.09. The third kappa shape index (κ3) is 3.48. The SMILES string of the molecule is COC(=O)C1CCCN1Oc1ccc(Cl)cn1.Cl. The zero-order valence-electron chi connectivity index (χ0n) is 9.84. The highest BCUT2D eigenvalue weighted by Gasteiger charge is 2.33. The maximum absolute atomic E-state index is 11.5. The molecule has 1 aliphatic rings. The van der Waals surface area contributed by atoms with Crippen LogP contribution >= 0.6 is 24.0 Å². The molecule has 100 valence electrons. The Bertz CT molecular complexity index is 400. The van der Waals surface area contributed by atoms with E-state index in [1.54, 1.807) is 17.2 Å². The topological polar surface area (TPSA) is 51.7 Å². The first-order valence-electron chi connectivity index (χ1n) is 5.34. The summed E-state index contributed by atoms with van der Waals surface area (Å²) in [5.74, 6) is 0.140. The van der Waals surface area contributed by atoms with E-state index in [0.717, 1.165) is 12.8 Å². The molecular formula is C11H14Cl2N2O3. The molecule has 1 aromatic rings. The number of ether oxygens (including phenoxy) is 1. The van der Waals surface area contributed by atoms with Gasteiger partial charge in [-0.3, -0.25) is 4.79 Å². The number of nitrogens with zero attached hydrogens (tertiary/aromatic N) is 2. The van der Waals surface area contributed by atoms with Gasteiger partial charge in [-0.25, -0.2) is 4.98 Å². The number of hydroxylamine groups is 2. The molecule has 1 unspecified atom stereocenters. The van der Waals surface area contributed by atoms with Crippen molar-refractivity contribution in [2.24, 2.45) is 0 Å². The van der Waals surface area contributed by atoms with Crippen LogP contribution in [-0.2, 0) is 9.53 Å². The van der Waals surface area contributed by atoms with Crippen LogP contribution in [-0.4, -0.2) is 35.7 Å². The minimum absolute atomic E-state index is 0. The molecule has 0 aliphatic carbocycles. The van der Waals surface area contributed by atoms with Crippen LogP contribution in [0.3, 0.4) is 0 Å². The molecule has 7 heteroatoms. The van der Waals surface area contributed by atoms with Gasteiger partial charge in [0, 0.05) is 18.8 Å². The number of halogens is 2. The van der Waals surface area contributed by atoms with E-state index in [1.807, 2.05) is 0 Å². The second-order valence-corrected chi connectivity index (χ2v) is 4.16.